The van der Waals surface area contributed by atoms with E-state index in [1.807, 2.05) is 0 Å². The van der Waals surface area contributed by atoms with Crippen LogP contribution in [0.25, 0.3) is 0 Å². The van der Waals surface area contributed by atoms with E-state index in [0.29, 0.717) is 12.8 Å². The Kier molecular flexibility index (Phi) is 2.69. The predicted octanol–water partition coefficient (Wildman–Crippen LogP) is 3.48. The van der Waals surface area contributed by atoms with Crippen LogP contribution in [0.2, 0.25) is 0 Å². The van der Waals surface area contributed by atoms with Crippen molar-refractivity contribution in [2.45, 2.75) is 44.7 Å². The molecule has 0 aromatic rings. The minimum absolute atomic E-state index is 0.689. The summed E-state index contributed by atoms with van der Waals surface area (Å²) in [6.45, 7) is 5.72. The van der Waals surface area contributed by atoms with E-state index in [4.69, 9.17) is 0 Å². The van der Waals surface area contributed by atoms with Crippen molar-refractivity contribution in [3.63, 3.8) is 0 Å². The quantitative estimate of drug-likeness (QED) is 0.537. The van der Waals surface area contributed by atoms with Crippen LogP contribution in [0.15, 0.2) is 12.7 Å². The normalized spacial score (nSPS) is 38.5. The molecule has 0 atom stereocenters. The first-order chi connectivity index (χ1) is 5.20. The third-order valence-electron chi connectivity index (χ3n) is 2.88. The number of rotatable bonds is 2. The summed E-state index contributed by atoms with van der Waals surface area (Å²) in [7, 11) is 0. The second-order valence-corrected chi connectivity index (χ2v) is 3.59. The lowest BCUT2D eigenvalue weighted by Gasteiger charge is -2.30. The molecule has 0 spiro atoms. The molecule has 64 valence electrons. The number of hydrogen-bond donors (Lipinski definition) is 0. The average molecular weight is 156 g/mol. The molecular formula is C10H17F. The second kappa shape index (κ2) is 3.38. The summed E-state index contributed by atoms with van der Waals surface area (Å²) >= 11 is 0. The summed E-state index contributed by atoms with van der Waals surface area (Å²) in [6.07, 6.45) is 6.15. The molecule has 1 rings (SSSR count). The number of allylic oxidation sites excluding steroid dienone is 1. The van der Waals surface area contributed by atoms with Crippen LogP contribution in [0.1, 0.15) is 39.0 Å². The molecule has 1 heteroatoms. The highest BCUT2D eigenvalue weighted by Gasteiger charge is 2.31. The molecule has 0 bridgehead atoms. The van der Waals surface area contributed by atoms with Gasteiger partial charge in [0, 0.05) is 0 Å². The molecule has 0 unspecified atom stereocenters. The lowest BCUT2D eigenvalue weighted by Crippen LogP contribution is -2.26. The fourth-order valence-corrected chi connectivity index (χ4v) is 1.77. The average Bonchev–Trinajstić information content (AvgIpc) is 2.06. The van der Waals surface area contributed by atoms with Crippen molar-refractivity contribution in [2.75, 3.05) is 0 Å². The first-order valence-corrected chi connectivity index (χ1v) is 4.52. The van der Waals surface area contributed by atoms with Gasteiger partial charge in [0.25, 0.3) is 0 Å². The van der Waals surface area contributed by atoms with E-state index >= 15 is 0 Å². The van der Waals surface area contributed by atoms with E-state index in [2.05, 4.69) is 13.5 Å². The molecule has 0 aliphatic heterocycles. The zero-order valence-electron chi connectivity index (χ0n) is 7.28. The summed E-state index contributed by atoms with van der Waals surface area (Å²) in [5, 5.41) is 0. The molecule has 1 fully saturated rings. The van der Waals surface area contributed by atoms with Crippen LogP contribution in [0.3, 0.4) is 0 Å². The Morgan fingerprint density at radius 3 is 2.45 bits per heavy atom. The Hall–Kier alpha value is -0.330. The maximum absolute atomic E-state index is 13.5. The molecule has 0 saturated heterocycles. The van der Waals surface area contributed by atoms with Crippen molar-refractivity contribution in [3.8, 4) is 0 Å². The van der Waals surface area contributed by atoms with Gasteiger partial charge in [0.05, 0.1) is 0 Å². The van der Waals surface area contributed by atoms with Gasteiger partial charge in [-0.05, 0) is 31.6 Å². The van der Waals surface area contributed by atoms with Gasteiger partial charge in [-0.25, -0.2) is 4.39 Å². The van der Waals surface area contributed by atoms with E-state index in [-0.39, 0.29) is 0 Å². The Balaban J connectivity index is 2.41. The van der Waals surface area contributed by atoms with Gasteiger partial charge in [0.1, 0.15) is 5.67 Å². The maximum atomic E-state index is 13.5. The lowest BCUT2D eigenvalue weighted by atomic mass is 9.79. The molecule has 1 aliphatic rings. The van der Waals surface area contributed by atoms with E-state index in [1.54, 1.807) is 0 Å². The molecule has 0 N–H and O–H groups in total. The fraction of sp³-hybridized carbons (Fsp3) is 0.800. The summed E-state index contributed by atoms with van der Waals surface area (Å²) < 4.78 is 13.5. The van der Waals surface area contributed by atoms with Crippen molar-refractivity contribution in [1.29, 1.82) is 0 Å². The first-order valence-electron chi connectivity index (χ1n) is 4.52. The fourth-order valence-electron chi connectivity index (χ4n) is 1.77. The summed E-state index contributed by atoms with van der Waals surface area (Å²) in [5.41, 5.74) is -1.04. The molecule has 0 aromatic carbocycles. The Morgan fingerprint density at radius 2 is 2.09 bits per heavy atom. The zero-order valence-corrected chi connectivity index (χ0v) is 7.28. The van der Waals surface area contributed by atoms with E-state index < -0.39 is 5.67 Å². The first kappa shape index (κ1) is 8.76. The van der Waals surface area contributed by atoms with Crippen molar-refractivity contribution in [3.05, 3.63) is 12.7 Å². The molecule has 1 aliphatic carbocycles. The van der Waals surface area contributed by atoms with Crippen LogP contribution in [-0.4, -0.2) is 5.67 Å². The van der Waals surface area contributed by atoms with Gasteiger partial charge in [0.15, 0.2) is 0 Å². The molecule has 0 amide bonds. The Morgan fingerprint density at radius 1 is 1.55 bits per heavy atom. The molecule has 0 nitrogen and oxygen atoms in total. The van der Waals surface area contributed by atoms with Crippen molar-refractivity contribution < 1.29 is 4.39 Å². The van der Waals surface area contributed by atoms with Crippen LogP contribution >= 0.6 is 0 Å². The Labute approximate surface area is 68.5 Å². The van der Waals surface area contributed by atoms with E-state index in [0.717, 1.165) is 18.8 Å². The largest absolute Gasteiger partial charge is 0.239 e. The van der Waals surface area contributed by atoms with Crippen molar-refractivity contribution in [1.82, 2.24) is 0 Å². The van der Waals surface area contributed by atoms with Gasteiger partial charge >= 0.3 is 0 Å². The third kappa shape index (κ3) is 2.05. The molecule has 0 radical (unpaired) electrons. The van der Waals surface area contributed by atoms with Crippen LogP contribution < -0.4 is 0 Å². The summed E-state index contributed by atoms with van der Waals surface area (Å²) in [6, 6.07) is 0. The Bertz CT molecular complexity index is 132. The number of halogens is 1. The monoisotopic (exact) mass is 156 g/mol. The molecule has 11 heavy (non-hydrogen) atoms. The third-order valence-corrected chi connectivity index (χ3v) is 2.88. The van der Waals surface area contributed by atoms with Crippen molar-refractivity contribution >= 4 is 0 Å². The highest BCUT2D eigenvalue weighted by atomic mass is 19.1. The standard InChI is InChI=1S/C10H17F/c1-3-9-5-7-10(11,4-2)8-6-9/h4,9H,2-3,5-8H2,1H3. The molecule has 0 aromatic heterocycles. The van der Waals surface area contributed by atoms with Gasteiger partial charge in [-0.1, -0.05) is 26.0 Å². The van der Waals surface area contributed by atoms with Gasteiger partial charge in [-0.15, -0.1) is 0 Å². The predicted molar refractivity (Wildman–Crippen MR) is 46.3 cm³/mol. The number of alkyl halides is 1. The highest BCUT2D eigenvalue weighted by molar-refractivity contribution is 4.98. The molecule has 0 heterocycles. The van der Waals surface area contributed by atoms with Crippen molar-refractivity contribution in [2.24, 2.45) is 5.92 Å². The zero-order chi connectivity index (χ0) is 8.32. The molecule has 1 saturated carbocycles. The highest BCUT2D eigenvalue weighted by Crippen LogP contribution is 2.36. The second-order valence-electron chi connectivity index (χ2n) is 3.59. The van der Waals surface area contributed by atoms with Gasteiger partial charge < -0.3 is 0 Å². The lowest BCUT2D eigenvalue weighted by molar-refractivity contribution is 0.132. The van der Waals surface area contributed by atoms with Crippen LogP contribution in [-0.2, 0) is 0 Å². The van der Waals surface area contributed by atoms with Gasteiger partial charge in [-0.3, -0.25) is 0 Å². The summed E-state index contributed by atoms with van der Waals surface area (Å²) in [4.78, 5) is 0. The van der Waals surface area contributed by atoms with E-state index in [9.17, 15) is 4.39 Å². The van der Waals surface area contributed by atoms with Crippen LogP contribution in [0.4, 0.5) is 4.39 Å². The SMILES string of the molecule is C=CC1(F)CCC(CC)CC1. The minimum Gasteiger partial charge on any atom is -0.239 e. The smallest absolute Gasteiger partial charge is 0.128 e. The maximum Gasteiger partial charge on any atom is 0.128 e. The van der Waals surface area contributed by atoms with Gasteiger partial charge in [0.2, 0.25) is 0 Å². The molecular weight excluding hydrogens is 139 g/mol. The summed E-state index contributed by atoms with van der Waals surface area (Å²) in [5.74, 6) is 0.763. The van der Waals surface area contributed by atoms with Crippen LogP contribution in [0, 0.1) is 5.92 Å². The van der Waals surface area contributed by atoms with Gasteiger partial charge in [-0.2, -0.15) is 0 Å². The van der Waals surface area contributed by atoms with E-state index in [1.165, 1.54) is 12.5 Å². The number of hydrogen-bond acceptors (Lipinski definition) is 0. The topological polar surface area (TPSA) is 0 Å². The van der Waals surface area contributed by atoms with Crippen LogP contribution in [0.5, 0.6) is 0 Å². The minimum atomic E-state index is -1.04.